The molecule has 2 rings (SSSR count). The van der Waals surface area contributed by atoms with E-state index in [1.807, 2.05) is 6.92 Å². The molecule has 26 heavy (non-hydrogen) atoms. The third-order valence-corrected chi connectivity index (χ3v) is 4.28. The van der Waals surface area contributed by atoms with Gasteiger partial charge in [-0.05, 0) is 42.8 Å². The van der Waals surface area contributed by atoms with Crippen LogP contribution in [0.4, 0.5) is 10.1 Å². The first kappa shape index (κ1) is 20.5. The Hall–Kier alpha value is -1.82. The fourth-order valence-electron chi connectivity index (χ4n) is 2.31. The summed E-state index contributed by atoms with van der Waals surface area (Å²) in [4.78, 5) is 26.2. The molecule has 0 bridgehead atoms. The maximum Gasteiger partial charge on any atom is 0.257 e. The smallest absolute Gasteiger partial charge is 0.257 e. The summed E-state index contributed by atoms with van der Waals surface area (Å²) in [6.07, 6.45) is 0.603. The second-order valence-corrected chi connectivity index (χ2v) is 6.80. The van der Waals surface area contributed by atoms with Crippen molar-refractivity contribution < 1.29 is 14.0 Å². The Morgan fingerprint density at radius 2 is 1.73 bits per heavy atom. The summed E-state index contributed by atoms with van der Waals surface area (Å²) in [6, 6.07) is 8.44. The molecule has 0 unspecified atom stereocenters. The van der Waals surface area contributed by atoms with Crippen molar-refractivity contribution >= 4 is 52.3 Å². The Balaban J connectivity index is 2.15. The molecule has 0 fully saturated rings. The normalized spacial score (nSPS) is 10.5. The van der Waals surface area contributed by atoms with E-state index in [1.165, 1.54) is 23.1 Å². The lowest BCUT2D eigenvalue weighted by Crippen LogP contribution is -2.39. The largest absolute Gasteiger partial charge is 0.329 e. The molecule has 2 amide bonds. The van der Waals surface area contributed by atoms with Gasteiger partial charge in [-0.25, -0.2) is 4.39 Å². The summed E-state index contributed by atoms with van der Waals surface area (Å²) in [5.41, 5.74) is 0.196. The van der Waals surface area contributed by atoms with Crippen molar-refractivity contribution in [3.05, 3.63) is 62.8 Å². The maximum absolute atomic E-state index is 14.0. The molecule has 0 aliphatic rings. The van der Waals surface area contributed by atoms with Gasteiger partial charge in [0.05, 0.1) is 16.3 Å². The van der Waals surface area contributed by atoms with Crippen LogP contribution in [0.1, 0.15) is 23.7 Å². The predicted molar refractivity (Wildman–Crippen MR) is 103 cm³/mol. The number of nitrogens with one attached hydrogen (secondary N) is 1. The Morgan fingerprint density at radius 1 is 1.08 bits per heavy atom. The molecule has 0 radical (unpaired) electrons. The van der Waals surface area contributed by atoms with Gasteiger partial charge in [0.1, 0.15) is 12.4 Å². The fourth-order valence-corrected chi connectivity index (χ4v) is 2.81. The summed E-state index contributed by atoms with van der Waals surface area (Å²) in [5.74, 6) is -1.79. The first-order valence-electron chi connectivity index (χ1n) is 7.81. The second kappa shape index (κ2) is 9.21. The van der Waals surface area contributed by atoms with Gasteiger partial charge < -0.3 is 10.2 Å². The topological polar surface area (TPSA) is 49.4 Å². The minimum atomic E-state index is -0.734. The van der Waals surface area contributed by atoms with Crippen LogP contribution >= 0.6 is 34.8 Å². The second-order valence-electron chi connectivity index (χ2n) is 5.52. The molecule has 0 spiro atoms. The zero-order valence-corrected chi connectivity index (χ0v) is 16.1. The average molecular weight is 418 g/mol. The average Bonchev–Trinajstić information content (AvgIpc) is 2.57. The van der Waals surface area contributed by atoms with Crippen molar-refractivity contribution in [1.82, 2.24) is 4.90 Å². The van der Waals surface area contributed by atoms with Gasteiger partial charge in [-0.3, -0.25) is 9.59 Å². The highest BCUT2D eigenvalue weighted by Gasteiger charge is 2.21. The van der Waals surface area contributed by atoms with Crippen LogP contribution < -0.4 is 5.32 Å². The van der Waals surface area contributed by atoms with E-state index in [4.69, 9.17) is 34.8 Å². The van der Waals surface area contributed by atoms with Gasteiger partial charge >= 0.3 is 0 Å². The summed E-state index contributed by atoms with van der Waals surface area (Å²) in [6.45, 7) is 1.89. The molecule has 2 aromatic rings. The van der Waals surface area contributed by atoms with Crippen LogP contribution in [0.25, 0.3) is 0 Å². The van der Waals surface area contributed by atoms with Crippen molar-refractivity contribution in [2.45, 2.75) is 13.3 Å². The van der Waals surface area contributed by atoms with Crippen LogP contribution in [0.2, 0.25) is 15.1 Å². The fraction of sp³-hybridized carbons (Fsp3) is 0.222. The van der Waals surface area contributed by atoms with Gasteiger partial charge in [-0.15, -0.1) is 0 Å². The van der Waals surface area contributed by atoms with Gasteiger partial charge in [0.25, 0.3) is 5.91 Å². The van der Waals surface area contributed by atoms with Crippen LogP contribution in [0.3, 0.4) is 0 Å². The van der Waals surface area contributed by atoms with E-state index in [0.29, 0.717) is 22.2 Å². The number of carbonyl (C=O) groups is 2. The van der Waals surface area contributed by atoms with Crippen LogP contribution in [-0.2, 0) is 4.79 Å². The van der Waals surface area contributed by atoms with Crippen molar-refractivity contribution in [3.63, 3.8) is 0 Å². The van der Waals surface area contributed by atoms with Gasteiger partial charge in [-0.2, -0.15) is 0 Å². The zero-order valence-electron chi connectivity index (χ0n) is 13.9. The Kier molecular flexibility index (Phi) is 7.26. The molecule has 0 saturated carbocycles. The van der Waals surface area contributed by atoms with Crippen molar-refractivity contribution in [1.29, 1.82) is 0 Å². The van der Waals surface area contributed by atoms with Crippen LogP contribution in [0.5, 0.6) is 0 Å². The molecule has 4 nitrogen and oxygen atoms in total. The van der Waals surface area contributed by atoms with Crippen molar-refractivity contribution in [3.8, 4) is 0 Å². The summed E-state index contributed by atoms with van der Waals surface area (Å²) in [7, 11) is 0. The molecule has 8 heteroatoms. The molecular formula is C18H16Cl3FN2O2. The van der Waals surface area contributed by atoms with E-state index in [9.17, 15) is 14.0 Å². The van der Waals surface area contributed by atoms with E-state index in [0.717, 1.165) is 6.07 Å². The highest BCUT2D eigenvalue weighted by atomic mass is 35.5. The van der Waals surface area contributed by atoms with E-state index in [1.54, 1.807) is 12.1 Å². The summed E-state index contributed by atoms with van der Waals surface area (Å²) < 4.78 is 14.0. The SMILES string of the molecule is CCCN(CC(=O)Nc1cc(Cl)ccc1Cl)C(=O)c1ccc(Cl)cc1F. The monoisotopic (exact) mass is 416 g/mol. The lowest BCUT2D eigenvalue weighted by molar-refractivity contribution is -0.116. The van der Waals surface area contributed by atoms with Crippen LogP contribution in [0.15, 0.2) is 36.4 Å². The first-order valence-corrected chi connectivity index (χ1v) is 8.94. The minimum absolute atomic E-state index is 0.142. The quantitative estimate of drug-likeness (QED) is 0.695. The maximum atomic E-state index is 14.0. The number of rotatable bonds is 6. The number of halogens is 4. The molecule has 1 N–H and O–H groups in total. The first-order chi connectivity index (χ1) is 12.3. The van der Waals surface area contributed by atoms with Crippen molar-refractivity contribution in [2.75, 3.05) is 18.4 Å². The Morgan fingerprint density at radius 3 is 2.38 bits per heavy atom. The molecule has 2 aromatic carbocycles. The number of hydrogen-bond donors (Lipinski definition) is 1. The van der Waals surface area contributed by atoms with Crippen molar-refractivity contribution in [2.24, 2.45) is 0 Å². The molecule has 0 aliphatic carbocycles. The summed E-state index contributed by atoms with van der Waals surface area (Å²) >= 11 is 17.6. The van der Waals surface area contributed by atoms with E-state index in [2.05, 4.69) is 5.32 Å². The number of amides is 2. The predicted octanol–water partition coefficient (Wildman–Crippen LogP) is 5.28. The Labute approximate surface area is 165 Å². The Bertz CT molecular complexity index is 830. The molecular weight excluding hydrogens is 402 g/mol. The zero-order chi connectivity index (χ0) is 19.3. The van der Waals surface area contributed by atoms with Gasteiger partial charge in [0.15, 0.2) is 0 Å². The molecule has 0 aliphatic heterocycles. The number of benzene rings is 2. The lowest BCUT2D eigenvalue weighted by Gasteiger charge is -2.22. The third-order valence-electron chi connectivity index (χ3n) is 3.48. The number of anilines is 1. The number of hydrogen-bond acceptors (Lipinski definition) is 2. The summed E-state index contributed by atoms with van der Waals surface area (Å²) in [5, 5.41) is 3.53. The molecule has 0 saturated heterocycles. The molecule has 0 heterocycles. The molecule has 138 valence electrons. The van der Waals surface area contributed by atoms with Gasteiger partial charge in [0.2, 0.25) is 5.91 Å². The standard InChI is InChI=1S/C18H16Cl3FN2O2/c1-2-7-24(18(26)13-5-3-11(19)8-15(13)22)10-17(25)23-16-9-12(20)4-6-14(16)21/h3-6,8-9H,2,7,10H2,1H3,(H,23,25). The highest BCUT2D eigenvalue weighted by molar-refractivity contribution is 6.35. The number of nitrogens with zero attached hydrogens (tertiary/aromatic N) is 1. The van der Waals surface area contributed by atoms with E-state index < -0.39 is 17.6 Å². The lowest BCUT2D eigenvalue weighted by atomic mass is 10.1. The van der Waals surface area contributed by atoms with Gasteiger partial charge in [-0.1, -0.05) is 41.7 Å². The van der Waals surface area contributed by atoms with E-state index >= 15 is 0 Å². The van der Waals surface area contributed by atoms with Gasteiger partial charge in [0, 0.05) is 16.6 Å². The molecule has 0 aromatic heterocycles. The minimum Gasteiger partial charge on any atom is -0.329 e. The highest BCUT2D eigenvalue weighted by Crippen LogP contribution is 2.25. The third kappa shape index (κ3) is 5.34. The van der Waals surface area contributed by atoms with Crippen LogP contribution in [0, 0.1) is 5.82 Å². The molecule has 0 atom stereocenters. The number of carbonyl (C=O) groups excluding carboxylic acids is 2. The van der Waals surface area contributed by atoms with E-state index in [-0.39, 0.29) is 23.7 Å². The van der Waals surface area contributed by atoms with Crippen LogP contribution in [-0.4, -0.2) is 29.8 Å².